The largest absolute Gasteiger partial charge is 0.342 e. The lowest BCUT2D eigenvalue weighted by atomic mass is 9.96. The molecular weight excluding hydrogens is 388 g/mol. The van der Waals surface area contributed by atoms with Gasteiger partial charge in [0.15, 0.2) is 0 Å². The molecule has 1 aromatic heterocycles. The molecule has 4 rings (SSSR count). The van der Waals surface area contributed by atoms with Gasteiger partial charge in [-0.15, -0.1) is 0 Å². The Morgan fingerprint density at radius 1 is 1.17 bits per heavy atom. The molecule has 0 aliphatic carbocycles. The van der Waals surface area contributed by atoms with Gasteiger partial charge in [-0.05, 0) is 43.2 Å². The number of piperidine rings is 1. The first-order valence-electron chi connectivity index (χ1n) is 9.63. The maximum absolute atomic E-state index is 13.1. The number of rotatable bonds is 4. The number of carbonyl (C=O) groups is 1. The maximum Gasteiger partial charge on any atom is 0.253 e. The van der Waals surface area contributed by atoms with Crippen LogP contribution in [0.4, 0.5) is 0 Å². The summed E-state index contributed by atoms with van der Waals surface area (Å²) < 4.78 is 25.9. The molecule has 2 aromatic carbocycles. The number of aromatic amines is 1. The number of aromatic nitrogens is 2. The van der Waals surface area contributed by atoms with Gasteiger partial charge < -0.3 is 9.88 Å². The van der Waals surface area contributed by atoms with E-state index in [0.29, 0.717) is 18.7 Å². The number of hydrogen-bond donors (Lipinski definition) is 1. The highest BCUT2D eigenvalue weighted by atomic mass is 32.2. The third-order valence-electron chi connectivity index (χ3n) is 5.36. The van der Waals surface area contributed by atoms with Crippen molar-refractivity contribution in [2.75, 3.05) is 27.2 Å². The van der Waals surface area contributed by atoms with Gasteiger partial charge in [-0.1, -0.05) is 18.2 Å². The van der Waals surface area contributed by atoms with Gasteiger partial charge in [-0.25, -0.2) is 17.7 Å². The van der Waals surface area contributed by atoms with Crippen molar-refractivity contribution in [2.45, 2.75) is 23.7 Å². The molecule has 1 aliphatic heterocycles. The molecule has 1 atom stereocenters. The van der Waals surface area contributed by atoms with Crippen molar-refractivity contribution in [3.63, 3.8) is 0 Å². The molecule has 1 aliphatic rings. The molecule has 1 fully saturated rings. The average Bonchev–Trinajstić information content (AvgIpc) is 3.17. The summed E-state index contributed by atoms with van der Waals surface area (Å²) in [5.41, 5.74) is 2.30. The van der Waals surface area contributed by atoms with Gasteiger partial charge in [0, 0.05) is 38.7 Å². The average molecular weight is 413 g/mol. The molecule has 0 radical (unpaired) electrons. The van der Waals surface area contributed by atoms with Gasteiger partial charge in [0.05, 0.1) is 15.9 Å². The first kappa shape index (κ1) is 19.6. The van der Waals surface area contributed by atoms with E-state index in [9.17, 15) is 13.2 Å². The normalized spacial score (nSPS) is 17.8. The number of imidazole rings is 1. The molecule has 8 heteroatoms. The van der Waals surface area contributed by atoms with Gasteiger partial charge in [-0.2, -0.15) is 0 Å². The van der Waals surface area contributed by atoms with Gasteiger partial charge in [-0.3, -0.25) is 4.79 Å². The number of nitrogens with one attached hydrogen (secondary N) is 1. The van der Waals surface area contributed by atoms with Crippen molar-refractivity contribution < 1.29 is 13.2 Å². The molecule has 2 heterocycles. The van der Waals surface area contributed by atoms with Crippen molar-refractivity contribution in [2.24, 2.45) is 0 Å². The Morgan fingerprint density at radius 3 is 2.72 bits per heavy atom. The zero-order valence-corrected chi connectivity index (χ0v) is 17.3. The minimum Gasteiger partial charge on any atom is -0.342 e. The van der Waals surface area contributed by atoms with Crippen LogP contribution in [0.25, 0.3) is 11.0 Å². The van der Waals surface area contributed by atoms with Crippen molar-refractivity contribution >= 4 is 27.0 Å². The molecule has 0 bridgehead atoms. The lowest BCUT2D eigenvalue weighted by Gasteiger charge is -2.32. The SMILES string of the molecule is CN(C)S(=O)(=O)c1cccc(C(=O)N2CCCC(c3nc4ccccc4[nH]3)C2)c1. The second-order valence-corrected chi connectivity index (χ2v) is 9.70. The zero-order valence-electron chi connectivity index (χ0n) is 16.5. The molecule has 29 heavy (non-hydrogen) atoms. The van der Waals surface area contributed by atoms with E-state index in [1.165, 1.54) is 26.2 Å². The molecule has 0 spiro atoms. The summed E-state index contributed by atoms with van der Waals surface area (Å²) in [6.45, 7) is 1.21. The number of H-pyrrole nitrogens is 1. The standard InChI is InChI=1S/C21H24N4O3S/c1-24(2)29(27,28)17-9-5-7-15(13-17)21(26)25-12-6-8-16(14-25)20-22-18-10-3-4-11-19(18)23-20/h3-5,7,9-11,13,16H,6,8,12,14H2,1-2H3,(H,22,23). The van der Waals surface area contributed by atoms with E-state index in [2.05, 4.69) is 4.98 Å². The van der Waals surface area contributed by atoms with Gasteiger partial charge >= 0.3 is 0 Å². The summed E-state index contributed by atoms with van der Waals surface area (Å²) >= 11 is 0. The van der Waals surface area contributed by atoms with E-state index in [0.717, 1.165) is 34.0 Å². The Labute approximate surface area is 170 Å². The molecule has 7 nitrogen and oxygen atoms in total. The van der Waals surface area contributed by atoms with E-state index in [1.807, 2.05) is 24.3 Å². The maximum atomic E-state index is 13.1. The smallest absolute Gasteiger partial charge is 0.253 e. The highest BCUT2D eigenvalue weighted by Crippen LogP contribution is 2.28. The minimum atomic E-state index is -3.58. The predicted molar refractivity (Wildman–Crippen MR) is 111 cm³/mol. The number of para-hydroxylation sites is 2. The fraction of sp³-hybridized carbons (Fsp3) is 0.333. The van der Waals surface area contributed by atoms with E-state index in [-0.39, 0.29) is 16.7 Å². The van der Waals surface area contributed by atoms with Crippen molar-refractivity contribution in [3.05, 3.63) is 59.9 Å². The number of nitrogens with zero attached hydrogens (tertiary/aromatic N) is 3. The molecule has 0 saturated carbocycles. The first-order chi connectivity index (χ1) is 13.9. The van der Waals surface area contributed by atoms with Crippen LogP contribution in [0.2, 0.25) is 0 Å². The van der Waals surface area contributed by atoms with Crippen LogP contribution in [0.15, 0.2) is 53.4 Å². The van der Waals surface area contributed by atoms with Crippen LogP contribution in [-0.4, -0.2) is 60.7 Å². The fourth-order valence-electron chi connectivity index (χ4n) is 3.73. The van der Waals surface area contributed by atoms with Gasteiger partial charge in [0.1, 0.15) is 5.82 Å². The molecule has 1 amide bonds. The second kappa shape index (κ2) is 7.61. The number of sulfonamides is 1. The predicted octanol–water partition coefficient (Wildman–Crippen LogP) is 2.83. The van der Waals surface area contributed by atoms with Crippen molar-refractivity contribution in [3.8, 4) is 0 Å². The number of hydrogen-bond acceptors (Lipinski definition) is 4. The van der Waals surface area contributed by atoms with Crippen molar-refractivity contribution in [1.82, 2.24) is 19.2 Å². The lowest BCUT2D eigenvalue weighted by Crippen LogP contribution is -2.39. The topological polar surface area (TPSA) is 86.4 Å². The number of carbonyl (C=O) groups excluding carboxylic acids is 1. The van der Waals surface area contributed by atoms with E-state index in [1.54, 1.807) is 17.0 Å². The van der Waals surface area contributed by atoms with E-state index in [4.69, 9.17) is 4.98 Å². The highest BCUT2D eigenvalue weighted by Gasteiger charge is 2.28. The van der Waals surface area contributed by atoms with Crippen LogP contribution in [-0.2, 0) is 10.0 Å². The summed E-state index contributed by atoms with van der Waals surface area (Å²) in [4.78, 5) is 23.1. The van der Waals surface area contributed by atoms with E-state index >= 15 is 0 Å². The molecule has 1 unspecified atom stereocenters. The first-order valence-corrected chi connectivity index (χ1v) is 11.1. The Morgan fingerprint density at radius 2 is 1.97 bits per heavy atom. The second-order valence-electron chi connectivity index (χ2n) is 7.54. The van der Waals surface area contributed by atoms with Crippen LogP contribution >= 0.6 is 0 Å². The lowest BCUT2D eigenvalue weighted by molar-refractivity contribution is 0.0704. The molecule has 1 saturated heterocycles. The van der Waals surface area contributed by atoms with Crippen LogP contribution in [0, 0.1) is 0 Å². The summed E-state index contributed by atoms with van der Waals surface area (Å²) in [5, 5.41) is 0. The molecule has 3 aromatic rings. The van der Waals surface area contributed by atoms with Crippen LogP contribution < -0.4 is 0 Å². The third kappa shape index (κ3) is 3.77. The Hall–Kier alpha value is -2.71. The van der Waals surface area contributed by atoms with Gasteiger partial charge in [0.2, 0.25) is 10.0 Å². The number of amides is 1. The number of fused-ring (bicyclic) bond motifs is 1. The molecular formula is C21H24N4O3S. The van der Waals surface area contributed by atoms with Crippen molar-refractivity contribution in [1.29, 1.82) is 0 Å². The summed E-state index contributed by atoms with van der Waals surface area (Å²) in [6.07, 6.45) is 1.84. The molecule has 1 N–H and O–H groups in total. The fourth-order valence-corrected chi connectivity index (χ4v) is 4.68. The Balaban J connectivity index is 1.56. The van der Waals surface area contributed by atoms with Crippen LogP contribution in [0.1, 0.15) is 34.9 Å². The number of likely N-dealkylation sites (tertiary alicyclic amines) is 1. The summed E-state index contributed by atoms with van der Waals surface area (Å²) in [6, 6.07) is 14.1. The third-order valence-corrected chi connectivity index (χ3v) is 7.17. The summed E-state index contributed by atoms with van der Waals surface area (Å²) in [5.74, 6) is 0.878. The summed E-state index contributed by atoms with van der Waals surface area (Å²) in [7, 11) is -0.627. The Bertz CT molecular complexity index is 1120. The quantitative estimate of drug-likeness (QED) is 0.714. The monoisotopic (exact) mass is 412 g/mol. The number of benzene rings is 2. The molecule has 152 valence electrons. The van der Waals surface area contributed by atoms with E-state index < -0.39 is 10.0 Å². The van der Waals surface area contributed by atoms with Gasteiger partial charge in [0.25, 0.3) is 5.91 Å². The zero-order chi connectivity index (χ0) is 20.6. The Kier molecular flexibility index (Phi) is 5.14. The highest BCUT2D eigenvalue weighted by molar-refractivity contribution is 7.89. The minimum absolute atomic E-state index is 0.124. The van der Waals surface area contributed by atoms with Crippen LogP contribution in [0.5, 0.6) is 0 Å². The van der Waals surface area contributed by atoms with Crippen LogP contribution in [0.3, 0.4) is 0 Å².